The van der Waals surface area contributed by atoms with Gasteiger partial charge in [-0.25, -0.2) is 17.9 Å². The summed E-state index contributed by atoms with van der Waals surface area (Å²) in [5, 5.41) is 4.87. The fourth-order valence-electron chi connectivity index (χ4n) is 4.08. The maximum atomic E-state index is 12.9. The van der Waals surface area contributed by atoms with Crippen LogP contribution < -0.4 is 15.4 Å². The molecule has 0 atom stereocenters. The predicted molar refractivity (Wildman–Crippen MR) is 124 cm³/mol. The molecule has 1 saturated carbocycles. The first-order chi connectivity index (χ1) is 15.4. The number of sulfonamides is 1. The Morgan fingerprint density at radius 2 is 1.42 bits per heavy atom. The van der Waals surface area contributed by atoms with E-state index in [1.165, 1.54) is 0 Å². The van der Waals surface area contributed by atoms with Crippen LogP contribution in [0.15, 0.2) is 4.90 Å². The third kappa shape index (κ3) is 7.26. The number of hydrogen-bond donors (Lipinski definition) is 3. The molecule has 3 amide bonds. The largest absolute Gasteiger partial charge is 0.456 e. The van der Waals surface area contributed by atoms with Crippen molar-refractivity contribution in [1.29, 1.82) is 0 Å². The summed E-state index contributed by atoms with van der Waals surface area (Å²) >= 11 is 0. The molecule has 0 aliphatic heterocycles. The molecule has 9 nitrogen and oxygen atoms in total. The van der Waals surface area contributed by atoms with Gasteiger partial charge in [0.15, 0.2) is 6.61 Å². The smallest absolute Gasteiger partial charge is 0.321 e. The number of carbonyl (C=O) groups excluding carboxylic acids is 3. The van der Waals surface area contributed by atoms with Gasteiger partial charge in [0.25, 0.3) is 5.91 Å². The van der Waals surface area contributed by atoms with Gasteiger partial charge in [-0.2, -0.15) is 0 Å². The Kier molecular flexibility index (Phi) is 9.42. The van der Waals surface area contributed by atoms with Gasteiger partial charge in [-0.3, -0.25) is 14.9 Å². The monoisotopic (exact) mass is 481 g/mol. The molecule has 0 spiro atoms. The van der Waals surface area contributed by atoms with Gasteiger partial charge in [-0.15, -0.1) is 0 Å². The third-order valence-corrected chi connectivity index (χ3v) is 8.11. The van der Waals surface area contributed by atoms with Crippen LogP contribution in [0.25, 0.3) is 0 Å². The molecule has 10 heteroatoms. The van der Waals surface area contributed by atoms with Crippen LogP contribution in [0.5, 0.6) is 0 Å². The van der Waals surface area contributed by atoms with Crippen LogP contribution >= 0.6 is 0 Å². The highest BCUT2D eigenvalue weighted by molar-refractivity contribution is 7.89. The molecule has 0 bridgehead atoms. The lowest BCUT2D eigenvalue weighted by Crippen LogP contribution is -2.46. The highest BCUT2D eigenvalue weighted by atomic mass is 32.2. The van der Waals surface area contributed by atoms with Gasteiger partial charge in [-0.05, 0) is 75.3 Å². The molecule has 1 aromatic carbocycles. The number of benzene rings is 1. The van der Waals surface area contributed by atoms with Crippen molar-refractivity contribution in [3.8, 4) is 0 Å². The molecule has 1 fully saturated rings. The summed E-state index contributed by atoms with van der Waals surface area (Å²) in [5.74, 6) is -1.49. The van der Waals surface area contributed by atoms with E-state index in [-0.39, 0.29) is 23.9 Å². The van der Waals surface area contributed by atoms with E-state index in [9.17, 15) is 22.8 Å². The fraction of sp³-hybridized carbons (Fsp3) is 0.609. The number of hydrogen-bond acceptors (Lipinski definition) is 6. The first-order valence-electron chi connectivity index (χ1n) is 11.3. The van der Waals surface area contributed by atoms with Crippen molar-refractivity contribution in [3.63, 3.8) is 0 Å². The molecular weight excluding hydrogens is 446 g/mol. The van der Waals surface area contributed by atoms with Gasteiger partial charge in [0.1, 0.15) is 0 Å². The third-order valence-electron chi connectivity index (χ3n) is 6.38. The van der Waals surface area contributed by atoms with Crippen molar-refractivity contribution in [3.05, 3.63) is 27.8 Å². The number of carbonyl (C=O) groups is 3. The van der Waals surface area contributed by atoms with E-state index in [4.69, 9.17) is 4.74 Å². The Morgan fingerprint density at radius 1 is 0.879 bits per heavy atom. The van der Waals surface area contributed by atoms with Crippen LogP contribution in [0.3, 0.4) is 0 Å². The van der Waals surface area contributed by atoms with E-state index in [0.29, 0.717) is 11.1 Å². The van der Waals surface area contributed by atoms with Gasteiger partial charge < -0.3 is 10.1 Å². The molecule has 0 radical (unpaired) electrons. The summed E-state index contributed by atoms with van der Waals surface area (Å²) in [6.07, 6.45) is 4.75. The lowest BCUT2D eigenvalue weighted by Gasteiger charge is -2.22. The van der Waals surface area contributed by atoms with Crippen LogP contribution in [0, 0.1) is 34.6 Å². The first kappa shape index (κ1) is 26.8. The number of amides is 3. The maximum absolute atomic E-state index is 12.9. The summed E-state index contributed by atoms with van der Waals surface area (Å²) in [6, 6.07) is -0.555. The number of nitrogens with one attached hydrogen (secondary N) is 3. The molecule has 3 N–H and O–H groups in total. The van der Waals surface area contributed by atoms with E-state index >= 15 is 0 Å². The molecule has 0 aromatic heterocycles. The SMILES string of the molecule is Cc1c(C)c(C)c(S(=O)(=O)NCCC(=O)OCC(=O)NC(=O)NC2CCCCC2)c(C)c1C. The summed E-state index contributed by atoms with van der Waals surface area (Å²) in [7, 11) is -3.83. The van der Waals surface area contributed by atoms with E-state index in [0.717, 1.165) is 48.8 Å². The lowest BCUT2D eigenvalue weighted by molar-refractivity contribution is -0.148. The summed E-state index contributed by atoms with van der Waals surface area (Å²) in [5.41, 5.74) is 4.23. The molecule has 33 heavy (non-hydrogen) atoms. The Balaban J connectivity index is 1.79. The minimum atomic E-state index is -3.83. The Labute approximate surface area is 196 Å². The van der Waals surface area contributed by atoms with Crippen LogP contribution in [0.2, 0.25) is 0 Å². The van der Waals surface area contributed by atoms with Crippen LogP contribution in [-0.2, 0) is 24.3 Å². The average Bonchev–Trinajstić information content (AvgIpc) is 2.75. The normalized spacial score (nSPS) is 14.6. The van der Waals surface area contributed by atoms with E-state index < -0.39 is 34.5 Å². The highest BCUT2D eigenvalue weighted by Gasteiger charge is 2.24. The van der Waals surface area contributed by atoms with Crippen molar-refractivity contribution in [2.75, 3.05) is 13.2 Å². The van der Waals surface area contributed by atoms with Crippen molar-refractivity contribution < 1.29 is 27.5 Å². The molecule has 1 aliphatic carbocycles. The van der Waals surface area contributed by atoms with Crippen molar-refractivity contribution in [2.24, 2.45) is 0 Å². The van der Waals surface area contributed by atoms with Gasteiger partial charge >= 0.3 is 12.0 Å². The number of esters is 1. The summed E-state index contributed by atoms with van der Waals surface area (Å²) in [6.45, 7) is 8.47. The number of imide groups is 1. The number of rotatable bonds is 8. The van der Waals surface area contributed by atoms with Gasteiger partial charge in [0.05, 0.1) is 11.3 Å². The van der Waals surface area contributed by atoms with Crippen molar-refractivity contribution in [2.45, 2.75) is 84.1 Å². The average molecular weight is 482 g/mol. The molecular formula is C23H35N3O6S. The van der Waals surface area contributed by atoms with E-state index in [1.807, 2.05) is 20.8 Å². The molecule has 184 valence electrons. The maximum Gasteiger partial charge on any atom is 0.321 e. The van der Waals surface area contributed by atoms with Crippen LogP contribution in [0.4, 0.5) is 4.79 Å². The second kappa shape index (κ2) is 11.6. The van der Waals surface area contributed by atoms with Gasteiger partial charge in [0.2, 0.25) is 10.0 Å². The molecule has 1 aromatic rings. The Morgan fingerprint density at radius 3 is 2.00 bits per heavy atom. The summed E-state index contributed by atoms with van der Waals surface area (Å²) in [4.78, 5) is 35.8. The Hall–Kier alpha value is -2.46. The van der Waals surface area contributed by atoms with E-state index in [1.54, 1.807) is 13.8 Å². The summed E-state index contributed by atoms with van der Waals surface area (Å²) < 4.78 is 33.0. The van der Waals surface area contributed by atoms with Gasteiger partial charge in [0, 0.05) is 12.6 Å². The fourth-order valence-corrected chi connectivity index (χ4v) is 5.71. The van der Waals surface area contributed by atoms with Crippen molar-refractivity contribution >= 4 is 27.9 Å². The molecule has 0 unspecified atom stereocenters. The highest BCUT2D eigenvalue weighted by Crippen LogP contribution is 2.29. The number of ether oxygens (including phenoxy) is 1. The molecule has 0 heterocycles. The van der Waals surface area contributed by atoms with E-state index in [2.05, 4.69) is 15.4 Å². The zero-order valence-electron chi connectivity index (χ0n) is 20.1. The first-order valence-corrected chi connectivity index (χ1v) is 12.7. The molecule has 0 saturated heterocycles. The molecule has 2 rings (SSSR count). The quantitative estimate of drug-likeness (QED) is 0.489. The Bertz CT molecular complexity index is 985. The predicted octanol–water partition coefficient (Wildman–Crippen LogP) is 2.60. The second-order valence-electron chi connectivity index (χ2n) is 8.62. The van der Waals surface area contributed by atoms with Gasteiger partial charge in [-0.1, -0.05) is 19.3 Å². The number of urea groups is 1. The van der Waals surface area contributed by atoms with Crippen LogP contribution in [-0.4, -0.2) is 45.5 Å². The minimum Gasteiger partial charge on any atom is -0.456 e. The van der Waals surface area contributed by atoms with Crippen LogP contribution in [0.1, 0.15) is 66.3 Å². The minimum absolute atomic E-state index is 0.0514. The topological polar surface area (TPSA) is 131 Å². The lowest BCUT2D eigenvalue weighted by atomic mass is 9.95. The standard InChI is InChI=1S/C23H35N3O6S/c1-14-15(2)17(4)22(18(5)16(14)3)33(30,31)24-12-11-21(28)32-13-20(27)26-23(29)25-19-9-7-6-8-10-19/h19,24H,6-13H2,1-5H3,(H2,25,26,27,29). The second-order valence-corrected chi connectivity index (χ2v) is 10.3. The zero-order chi connectivity index (χ0) is 24.8. The van der Waals surface area contributed by atoms with Crippen molar-refractivity contribution in [1.82, 2.24) is 15.4 Å². The molecule has 1 aliphatic rings. The zero-order valence-corrected chi connectivity index (χ0v) is 20.9.